The zero-order valence-corrected chi connectivity index (χ0v) is 11.2. The van der Waals surface area contributed by atoms with Gasteiger partial charge in [-0.15, -0.1) is 0 Å². The van der Waals surface area contributed by atoms with Gasteiger partial charge in [-0.05, 0) is 0 Å². The molecule has 0 aromatic rings. The monoisotopic (exact) mass is 308 g/mol. The molecule has 0 heterocycles. The number of hydrogen-bond donors (Lipinski definition) is 2. The molecule has 76 valence electrons. The van der Waals surface area contributed by atoms with Crippen LogP contribution in [0, 0.1) is 0 Å². The second-order valence-electron chi connectivity index (χ2n) is 2.13. The van der Waals surface area contributed by atoms with Crippen molar-refractivity contribution in [2.45, 2.75) is 11.4 Å². The topological polar surface area (TPSA) is 93.1 Å². The third kappa shape index (κ3) is 22.4. The third-order valence-electron chi connectivity index (χ3n) is 0.461. The Hall–Kier alpha value is 0.557. The zero-order chi connectivity index (χ0) is 10.4. The molecule has 0 aliphatic carbocycles. The summed E-state index contributed by atoms with van der Waals surface area (Å²) in [6.45, 7) is 0. The van der Waals surface area contributed by atoms with Gasteiger partial charge in [0.05, 0.1) is 0 Å². The van der Waals surface area contributed by atoms with Gasteiger partial charge in [-0.2, -0.15) is 0 Å². The Morgan fingerprint density at radius 3 is 1.17 bits per heavy atom. The van der Waals surface area contributed by atoms with Gasteiger partial charge in [-0.3, -0.25) is 0 Å². The van der Waals surface area contributed by atoms with Crippen LogP contribution >= 0.6 is 0 Å². The molecular weight excluding hydrogens is 294 g/mol. The molecule has 0 rings (SSSR count). The van der Waals surface area contributed by atoms with E-state index < -0.39 is 28.3 Å². The van der Waals surface area contributed by atoms with Crippen LogP contribution in [0.4, 0.5) is 0 Å². The molecule has 0 saturated carbocycles. The van der Waals surface area contributed by atoms with Crippen molar-refractivity contribution in [3.05, 3.63) is 0 Å². The molecule has 12 heavy (non-hydrogen) atoms. The van der Waals surface area contributed by atoms with Crippen LogP contribution in [0.25, 0.3) is 0 Å². The first kappa shape index (κ1) is 15.0. The van der Waals surface area contributed by atoms with Gasteiger partial charge in [0.2, 0.25) is 0 Å². The standard InChI is InChI=1S/C2H7AsO4.C2H7AsO2/c1-6-3(4,5)7-2;1-3(2,4)5/h1-2H3,(H,4,5);1-2H3,(H,4,5). The molecule has 0 aliphatic rings. The van der Waals surface area contributed by atoms with Crippen LogP contribution < -0.4 is 0 Å². The quantitative estimate of drug-likeness (QED) is 0.652. The summed E-state index contributed by atoms with van der Waals surface area (Å²) in [5, 5.41) is 0. The summed E-state index contributed by atoms with van der Waals surface area (Å²) in [7, 11) is 2.26. The number of hydrogen-bond acceptors (Lipinski definition) is 4. The van der Waals surface area contributed by atoms with Crippen molar-refractivity contribution in [1.29, 1.82) is 0 Å². The van der Waals surface area contributed by atoms with Gasteiger partial charge < -0.3 is 0 Å². The SMILES string of the molecule is CO[As](=O)(O)OC.C[As](C)(=O)O. The van der Waals surface area contributed by atoms with E-state index in [-0.39, 0.29) is 0 Å². The van der Waals surface area contributed by atoms with Crippen molar-refractivity contribution in [3.63, 3.8) is 0 Å². The predicted octanol–water partition coefficient (Wildman–Crippen LogP) is -0.751. The van der Waals surface area contributed by atoms with Crippen molar-refractivity contribution in [2.75, 3.05) is 14.2 Å². The fourth-order valence-corrected chi connectivity index (χ4v) is 0.387. The Labute approximate surface area is 77.2 Å². The Morgan fingerprint density at radius 2 is 1.17 bits per heavy atom. The number of rotatable bonds is 2. The van der Waals surface area contributed by atoms with E-state index in [4.69, 9.17) is 8.19 Å². The molecule has 0 spiro atoms. The molecule has 2 N–H and O–H groups in total. The van der Waals surface area contributed by atoms with E-state index in [1.807, 2.05) is 0 Å². The molecule has 0 bridgehead atoms. The molecular formula is C4H14As2O6. The normalized spacial score (nSPS) is 11.8. The summed E-state index contributed by atoms with van der Waals surface area (Å²) in [6, 6.07) is 0. The Balaban J connectivity index is 0. The van der Waals surface area contributed by atoms with Crippen LogP contribution in [0.3, 0.4) is 0 Å². The summed E-state index contributed by atoms with van der Waals surface area (Å²) in [5.74, 6) is 0. The molecule has 8 heteroatoms. The van der Waals surface area contributed by atoms with Crippen LogP contribution in [0.15, 0.2) is 0 Å². The van der Waals surface area contributed by atoms with Crippen molar-refractivity contribution in [3.8, 4) is 0 Å². The van der Waals surface area contributed by atoms with Crippen LogP contribution in [0.1, 0.15) is 0 Å². The van der Waals surface area contributed by atoms with Crippen LogP contribution in [-0.2, 0) is 14.9 Å². The Bertz CT molecular complexity index is 179. The van der Waals surface area contributed by atoms with Gasteiger partial charge in [-0.1, -0.05) is 0 Å². The molecule has 0 aliphatic heterocycles. The molecule has 0 aromatic heterocycles. The van der Waals surface area contributed by atoms with Crippen molar-refractivity contribution in [1.82, 2.24) is 0 Å². The third-order valence-corrected chi connectivity index (χ3v) is 2.40. The van der Waals surface area contributed by atoms with Crippen molar-refractivity contribution >= 4 is 28.3 Å². The molecule has 0 amide bonds. The van der Waals surface area contributed by atoms with Gasteiger partial charge in [0.15, 0.2) is 0 Å². The second-order valence-corrected chi connectivity index (χ2v) is 11.1. The van der Waals surface area contributed by atoms with Crippen LogP contribution in [0.5, 0.6) is 0 Å². The summed E-state index contributed by atoms with van der Waals surface area (Å²) < 4.78 is 44.5. The minimum absolute atomic E-state index is 1.13. The first-order valence-corrected chi connectivity index (χ1v) is 11.3. The van der Waals surface area contributed by atoms with Gasteiger partial charge in [0.25, 0.3) is 0 Å². The van der Waals surface area contributed by atoms with E-state index >= 15 is 0 Å². The maximum absolute atomic E-state index is 10.1. The average Bonchev–Trinajstić information content (AvgIpc) is 1.85. The fourth-order valence-electron chi connectivity index (χ4n) is 0.0745. The average molecular weight is 308 g/mol. The summed E-state index contributed by atoms with van der Waals surface area (Å²) >= 11 is -7.32. The molecule has 0 fully saturated rings. The van der Waals surface area contributed by atoms with Crippen LogP contribution in [-0.4, -0.2) is 50.8 Å². The van der Waals surface area contributed by atoms with E-state index in [2.05, 4.69) is 7.45 Å². The predicted molar refractivity (Wildman–Crippen MR) is 43.1 cm³/mol. The summed E-state index contributed by atoms with van der Waals surface area (Å²) in [6.07, 6.45) is 0. The van der Waals surface area contributed by atoms with E-state index in [0.29, 0.717) is 0 Å². The van der Waals surface area contributed by atoms with E-state index in [1.54, 1.807) is 0 Å². The first-order chi connectivity index (χ1) is 5.12. The molecule has 0 saturated heterocycles. The fraction of sp³-hybridized carbons (Fsp3) is 1.00. The Kier molecular flexibility index (Phi) is 7.62. The van der Waals surface area contributed by atoms with Gasteiger partial charge >= 0.3 is 77.1 Å². The van der Waals surface area contributed by atoms with Gasteiger partial charge in [-0.25, -0.2) is 0 Å². The maximum atomic E-state index is 10.1. The molecule has 0 radical (unpaired) electrons. The van der Waals surface area contributed by atoms with E-state index in [1.165, 1.54) is 11.4 Å². The molecule has 0 atom stereocenters. The second kappa shape index (κ2) is 6.08. The summed E-state index contributed by atoms with van der Waals surface area (Å²) in [4.78, 5) is 0. The van der Waals surface area contributed by atoms with Gasteiger partial charge in [0, 0.05) is 0 Å². The first-order valence-electron chi connectivity index (χ1n) is 2.84. The van der Waals surface area contributed by atoms with Gasteiger partial charge in [0.1, 0.15) is 0 Å². The van der Waals surface area contributed by atoms with Crippen molar-refractivity contribution in [2.24, 2.45) is 0 Å². The Morgan fingerprint density at radius 1 is 1.00 bits per heavy atom. The van der Waals surface area contributed by atoms with E-state index in [9.17, 15) is 7.48 Å². The van der Waals surface area contributed by atoms with Crippen molar-refractivity contribution < 1.29 is 23.1 Å². The van der Waals surface area contributed by atoms with E-state index in [0.717, 1.165) is 14.2 Å². The summed E-state index contributed by atoms with van der Waals surface area (Å²) in [5.41, 5.74) is 2.72. The zero-order valence-electron chi connectivity index (χ0n) is 7.42. The molecule has 0 unspecified atom stereocenters. The minimum atomic E-state index is -4.19. The molecule has 0 aromatic carbocycles. The van der Waals surface area contributed by atoms with Crippen LogP contribution in [0.2, 0.25) is 11.4 Å². The molecule has 6 nitrogen and oxygen atoms in total.